The van der Waals surface area contributed by atoms with Gasteiger partial charge < -0.3 is 29.3 Å². The van der Waals surface area contributed by atoms with Crippen LogP contribution in [0.25, 0.3) is 0 Å². The van der Waals surface area contributed by atoms with Gasteiger partial charge in [0.1, 0.15) is 23.6 Å². The van der Waals surface area contributed by atoms with Crippen LogP contribution in [0.1, 0.15) is 34.7 Å². The summed E-state index contributed by atoms with van der Waals surface area (Å²) < 4.78 is 10.9. The molecule has 4 aromatic heterocycles. The van der Waals surface area contributed by atoms with Crippen LogP contribution in [0.5, 0.6) is 0 Å². The molecule has 0 radical (unpaired) electrons. The number of carbonyl (C=O) groups excluding carboxylic acids is 2. The topological polar surface area (TPSA) is 117 Å². The van der Waals surface area contributed by atoms with Gasteiger partial charge in [-0.25, -0.2) is 0 Å². The zero-order valence-corrected chi connectivity index (χ0v) is 21.3. The molecular weight excluding hydrogens is 484 g/mol. The van der Waals surface area contributed by atoms with Crippen molar-refractivity contribution in [2.75, 3.05) is 37.0 Å². The van der Waals surface area contributed by atoms with Crippen molar-refractivity contribution in [1.82, 2.24) is 20.6 Å². The van der Waals surface area contributed by atoms with Crippen LogP contribution < -0.4 is 20.4 Å². The molecule has 6 rings (SSSR count). The van der Waals surface area contributed by atoms with E-state index in [4.69, 9.17) is 8.83 Å². The van der Waals surface area contributed by atoms with Crippen LogP contribution in [0.3, 0.4) is 0 Å². The van der Waals surface area contributed by atoms with Gasteiger partial charge in [-0.15, -0.1) is 0 Å². The summed E-state index contributed by atoms with van der Waals surface area (Å²) in [5.74, 6) is 1.44. The molecule has 2 aliphatic heterocycles. The number of nitrogens with one attached hydrogen (secondary N) is 2. The fourth-order valence-corrected chi connectivity index (χ4v) is 4.89. The van der Waals surface area contributed by atoms with Crippen molar-refractivity contribution in [3.8, 4) is 0 Å². The van der Waals surface area contributed by atoms with Gasteiger partial charge in [0.25, 0.3) is 11.8 Å². The molecule has 10 nitrogen and oxygen atoms in total. The number of pyridine rings is 2. The van der Waals surface area contributed by atoms with E-state index in [0.29, 0.717) is 13.1 Å². The monoisotopic (exact) mass is 514 g/mol. The highest BCUT2D eigenvalue weighted by Crippen LogP contribution is 2.29. The Hall–Kier alpha value is -4.28. The zero-order chi connectivity index (χ0) is 26.5. The maximum Gasteiger partial charge on any atom is 0.252 e. The predicted molar refractivity (Wildman–Crippen MR) is 142 cm³/mol. The van der Waals surface area contributed by atoms with E-state index in [1.807, 2.05) is 36.4 Å². The Morgan fingerprint density at radius 2 is 1.29 bits per heavy atom. The van der Waals surface area contributed by atoms with E-state index in [0.717, 1.165) is 46.9 Å². The number of furan rings is 2. The average molecular weight is 515 g/mol. The number of hydrogen-bond donors (Lipinski definition) is 2. The van der Waals surface area contributed by atoms with Gasteiger partial charge in [0.05, 0.1) is 24.4 Å². The quantitative estimate of drug-likeness (QED) is 0.427. The number of rotatable bonds is 4. The van der Waals surface area contributed by atoms with Crippen molar-refractivity contribution < 1.29 is 18.4 Å². The molecule has 0 saturated carbocycles. The summed E-state index contributed by atoms with van der Waals surface area (Å²) in [6.07, 6.45) is 11.6. The number of carbonyl (C=O) groups is 2. The fourth-order valence-electron chi connectivity index (χ4n) is 4.89. The van der Waals surface area contributed by atoms with Gasteiger partial charge in [-0.2, -0.15) is 0 Å². The number of likely N-dealkylation sites (N-methyl/N-ethyl adjacent to an activating group) is 2. The molecule has 2 amide bonds. The Morgan fingerprint density at radius 3 is 1.79 bits per heavy atom. The predicted octanol–water partition coefficient (Wildman–Crippen LogP) is 3.05. The van der Waals surface area contributed by atoms with Crippen LogP contribution in [0, 0.1) is 0 Å². The molecule has 0 fully saturated rings. The Balaban J connectivity index is 0.000000155. The third-order valence-corrected chi connectivity index (χ3v) is 6.83. The molecule has 2 atom stereocenters. The van der Waals surface area contributed by atoms with Crippen LogP contribution in [0.2, 0.25) is 0 Å². The number of aromatic nitrogens is 2. The fraction of sp³-hybridized carbons (Fsp3) is 0.286. The van der Waals surface area contributed by atoms with Crippen LogP contribution in [-0.2, 0) is 22.4 Å². The van der Waals surface area contributed by atoms with Gasteiger partial charge in [-0.05, 0) is 74.5 Å². The minimum Gasteiger partial charge on any atom is -0.467 e. The van der Waals surface area contributed by atoms with E-state index in [1.165, 1.54) is 0 Å². The van der Waals surface area contributed by atoms with E-state index in [9.17, 15) is 9.59 Å². The summed E-state index contributed by atoms with van der Waals surface area (Å²) in [4.78, 5) is 36.8. The van der Waals surface area contributed by atoms with Gasteiger partial charge in [0, 0.05) is 37.4 Å². The average Bonchev–Trinajstić information content (AvgIpc) is 3.56. The van der Waals surface area contributed by atoms with Gasteiger partial charge >= 0.3 is 0 Å². The minimum atomic E-state index is -0.437. The molecule has 0 spiro atoms. The van der Waals surface area contributed by atoms with E-state index in [2.05, 4.69) is 20.6 Å². The number of hydrogen-bond acceptors (Lipinski definition) is 8. The van der Waals surface area contributed by atoms with E-state index >= 15 is 0 Å². The zero-order valence-electron chi connectivity index (χ0n) is 21.3. The van der Waals surface area contributed by atoms with Crippen LogP contribution in [0.4, 0.5) is 11.4 Å². The van der Waals surface area contributed by atoms with Gasteiger partial charge in [0.2, 0.25) is 0 Å². The first-order valence-electron chi connectivity index (χ1n) is 12.5. The van der Waals surface area contributed by atoms with Gasteiger partial charge in [0.15, 0.2) is 0 Å². The van der Waals surface area contributed by atoms with Crippen molar-refractivity contribution >= 4 is 23.2 Å². The molecule has 0 aromatic carbocycles. The Bertz CT molecular complexity index is 1260. The SMILES string of the molecule is CNC1C(=O)N(c2cccnc2)CCc2ccoc21.CNC1C(=O)N(c2ccncc2)CCc2ccoc21. The van der Waals surface area contributed by atoms with Crippen molar-refractivity contribution in [3.05, 3.63) is 96.4 Å². The lowest BCUT2D eigenvalue weighted by Gasteiger charge is -2.23. The van der Waals surface area contributed by atoms with Crippen LogP contribution in [0.15, 0.2) is 82.5 Å². The summed E-state index contributed by atoms with van der Waals surface area (Å²) in [7, 11) is 3.53. The summed E-state index contributed by atoms with van der Waals surface area (Å²) in [5.41, 5.74) is 3.85. The minimum absolute atomic E-state index is 0.00222. The molecule has 4 aromatic rings. The largest absolute Gasteiger partial charge is 0.467 e. The number of anilines is 2. The normalized spacial score (nSPS) is 19.1. The summed E-state index contributed by atoms with van der Waals surface area (Å²) in [5, 5.41) is 6.07. The lowest BCUT2D eigenvalue weighted by Crippen LogP contribution is -2.39. The smallest absolute Gasteiger partial charge is 0.252 e. The number of amides is 2. The Morgan fingerprint density at radius 1 is 0.737 bits per heavy atom. The third kappa shape index (κ3) is 4.96. The Kier molecular flexibility index (Phi) is 7.62. The van der Waals surface area contributed by atoms with Gasteiger partial charge in [-0.1, -0.05) is 0 Å². The molecule has 2 unspecified atom stereocenters. The molecule has 6 heterocycles. The lowest BCUT2D eigenvalue weighted by molar-refractivity contribution is -0.121. The van der Waals surface area contributed by atoms with Crippen molar-refractivity contribution in [2.45, 2.75) is 24.9 Å². The molecule has 0 saturated heterocycles. The molecule has 10 heteroatoms. The standard InChI is InChI=1S/2C14H15N3O2/c1-15-12-13-10(5-9-19-13)4-8-17(14(12)18)11-2-6-16-7-3-11;1-15-12-13-10(5-8-19-13)4-7-17(14(12)18)11-3-2-6-16-9-11/h2-3,5-7,9,12,15H,4,8H2,1H3;2-3,5-6,8-9,12,15H,4,7H2,1H3. The molecule has 0 bridgehead atoms. The first kappa shape index (κ1) is 25.4. The second-order valence-electron chi connectivity index (χ2n) is 8.96. The highest BCUT2D eigenvalue weighted by Gasteiger charge is 2.34. The Labute approximate surface area is 220 Å². The second-order valence-corrected chi connectivity index (χ2v) is 8.96. The lowest BCUT2D eigenvalue weighted by atomic mass is 10.1. The summed E-state index contributed by atoms with van der Waals surface area (Å²) >= 11 is 0. The number of nitrogens with zero attached hydrogens (tertiary/aromatic N) is 4. The summed E-state index contributed by atoms with van der Waals surface area (Å²) in [6, 6.07) is 10.4. The number of fused-ring (bicyclic) bond motifs is 2. The summed E-state index contributed by atoms with van der Waals surface area (Å²) in [6.45, 7) is 1.28. The third-order valence-electron chi connectivity index (χ3n) is 6.83. The van der Waals surface area contributed by atoms with Crippen molar-refractivity contribution in [1.29, 1.82) is 0 Å². The maximum absolute atomic E-state index is 12.6. The van der Waals surface area contributed by atoms with E-state index in [-0.39, 0.29) is 11.8 Å². The molecule has 2 aliphatic rings. The first-order valence-corrected chi connectivity index (χ1v) is 12.5. The van der Waals surface area contributed by atoms with E-state index in [1.54, 1.807) is 61.2 Å². The van der Waals surface area contributed by atoms with Crippen molar-refractivity contribution in [3.63, 3.8) is 0 Å². The maximum atomic E-state index is 12.6. The van der Waals surface area contributed by atoms with Crippen LogP contribution in [-0.4, -0.2) is 49.0 Å². The van der Waals surface area contributed by atoms with Gasteiger partial charge in [-0.3, -0.25) is 19.6 Å². The molecule has 196 valence electrons. The molecule has 0 aliphatic carbocycles. The highest BCUT2D eigenvalue weighted by molar-refractivity contribution is 5.98. The van der Waals surface area contributed by atoms with Crippen LogP contribution >= 0.6 is 0 Å². The van der Waals surface area contributed by atoms with Crippen molar-refractivity contribution in [2.24, 2.45) is 0 Å². The first-order chi connectivity index (χ1) is 18.6. The molecule has 2 N–H and O–H groups in total. The van der Waals surface area contributed by atoms with E-state index < -0.39 is 12.1 Å². The second kappa shape index (κ2) is 11.4. The molecular formula is C28H30N6O4. The highest BCUT2D eigenvalue weighted by atomic mass is 16.3. The molecule has 38 heavy (non-hydrogen) atoms.